The van der Waals surface area contributed by atoms with Crippen molar-refractivity contribution in [2.24, 2.45) is 0 Å². The summed E-state index contributed by atoms with van der Waals surface area (Å²) in [6.07, 6.45) is 4.79. The molecular formula is C20H19FN5+. The van der Waals surface area contributed by atoms with Gasteiger partial charge in [0.05, 0.1) is 17.0 Å². The van der Waals surface area contributed by atoms with Crippen molar-refractivity contribution in [2.45, 2.75) is 25.7 Å². The van der Waals surface area contributed by atoms with Crippen LogP contribution in [0.15, 0.2) is 42.7 Å². The van der Waals surface area contributed by atoms with Gasteiger partial charge >= 0.3 is 0 Å². The van der Waals surface area contributed by atoms with Gasteiger partial charge in [0.15, 0.2) is 5.71 Å². The Morgan fingerprint density at radius 1 is 1.19 bits per heavy atom. The third-order valence-electron chi connectivity index (χ3n) is 4.84. The fraction of sp³-hybridized carbons (Fsp3) is 0.200. The van der Waals surface area contributed by atoms with Gasteiger partial charge in [0.1, 0.15) is 5.82 Å². The van der Waals surface area contributed by atoms with E-state index in [0.29, 0.717) is 12.8 Å². The smallest absolute Gasteiger partial charge is 0.220 e. The number of aromatic nitrogens is 3. The van der Waals surface area contributed by atoms with Gasteiger partial charge in [-0.15, -0.1) is 0 Å². The predicted molar refractivity (Wildman–Crippen MR) is 97.9 cm³/mol. The minimum Gasteiger partial charge on any atom is -0.368 e. The van der Waals surface area contributed by atoms with Crippen LogP contribution in [0.25, 0.3) is 11.1 Å². The summed E-state index contributed by atoms with van der Waals surface area (Å²) in [6.45, 7) is 1.89. The number of hydrogen-bond donors (Lipinski definition) is 2. The minimum atomic E-state index is -0.275. The molecule has 1 aliphatic carbocycles. The lowest BCUT2D eigenvalue weighted by atomic mass is 9.78. The van der Waals surface area contributed by atoms with E-state index < -0.39 is 0 Å². The highest BCUT2D eigenvalue weighted by Crippen LogP contribution is 2.37. The van der Waals surface area contributed by atoms with Crippen LogP contribution in [-0.4, -0.2) is 20.7 Å². The zero-order valence-corrected chi connectivity index (χ0v) is 14.4. The van der Waals surface area contributed by atoms with Crippen molar-refractivity contribution >= 4 is 11.7 Å². The van der Waals surface area contributed by atoms with Crippen molar-refractivity contribution in [3.05, 3.63) is 71.1 Å². The highest BCUT2D eigenvalue weighted by molar-refractivity contribution is 5.99. The molecular weight excluding hydrogens is 329 g/mol. The number of fused-ring (bicyclic) bond motifs is 1. The maximum Gasteiger partial charge on any atom is 0.220 e. The first-order valence-electron chi connectivity index (χ1n) is 8.47. The molecule has 3 aromatic rings. The summed E-state index contributed by atoms with van der Waals surface area (Å²) in [5.41, 5.74) is 11.9. The minimum absolute atomic E-state index is 0.0898. The van der Waals surface area contributed by atoms with Gasteiger partial charge in [0.2, 0.25) is 5.95 Å². The molecule has 1 aromatic carbocycles. The molecule has 26 heavy (non-hydrogen) atoms. The second kappa shape index (κ2) is 6.29. The molecule has 0 fully saturated rings. The monoisotopic (exact) mass is 348 g/mol. The van der Waals surface area contributed by atoms with Gasteiger partial charge < -0.3 is 5.73 Å². The first kappa shape index (κ1) is 16.3. The average Bonchev–Trinajstić information content (AvgIpc) is 2.61. The molecule has 0 saturated heterocycles. The molecule has 0 amide bonds. The SMILES string of the molecule is Cc1nc(N)nc2c1C(=[NH2+])C[C@H](c1ccc(F)cc1-c1cccnc1)C2. The molecule has 6 heteroatoms. The van der Waals surface area contributed by atoms with Crippen LogP contribution in [0.3, 0.4) is 0 Å². The van der Waals surface area contributed by atoms with Crippen molar-refractivity contribution in [1.29, 1.82) is 0 Å². The van der Waals surface area contributed by atoms with Crippen LogP contribution in [0.5, 0.6) is 0 Å². The van der Waals surface area contributed by atoms with Crippen molar-refractivity contribution in [3.8, 4) is 11.1 Å². The predicted octanol–water partition coefficient (Wildman–Crippen LogP) is 1.85. The van der Waals surface area contributed by atoms with E-state index in [2.05, 4.69) is 15.0 Å². The number of benzene rings is 1. The topological polar surface area (TPSA) is 90.3 Å². The molecule has 4 N–H and O–H groups in total. The van der Waals surface area contributed by atoms with E-state index >= 15 is 0 Å². The largest absolute Gasteiger partial charge is 0.368 e. The number of hydrogen-bond acceptors (Lipinski definition) is 4. The van der Waals surface area contributed by atoms with E-state index in [-0.39, 0.29) is 17.7 Å². The molecule has 0 bridgehead atoms. The summed E-state index contributed by atoms with van der Waals surface area (Å²) in [5, 5.41) is 6.35. The van der Waals surface area contributed by atoms with E-state index in [1.165, 1.54) is 6.07 Å². The van der Waals surface area contributed by atoms with Gasteiger partial charge in [-0.1, -0.05) is 12.1 Å². The van der Waals surface area contributed by atoms with Crippen LogP contribution in [0.1, 0.15) is 34.9 Å². The highest BCUT2D eigenvalue weighted by atomic mass is 19.1. The Morgan fingerprint density at radius 3 is 2.81 bits per heavy atom. The van der Waals surface area contributed by atoms with Crippen molar-refractivity contribution in [3.63, 3.8) is 0 Å². The highest BCUT2D eigenvalue weighted by Gasteiger charge is 2.32. The number of pyridine rings is 1. The molecule has 2 aromatic heterocycles. The van der Waals surface area contributed by atoms with Crippen molar-refractivity contribution in [2.75, 3.05) is 5.73 Å². The third-order valence-corrected chi connectivity index (χ3v) is 4.84. The zero-order chi connectivity index (χ0) is 18.3. The number of nitrogens with zero attached hydrogens (tertiary/aromatic N) is 3. The van der Waals surface area contributed by atoms with Gasteiger partial charge in [0, 0.05) is 24.4 Å². The van der Waals surface area contributed by atoms with Crippen LogP contribution in [0.2, 0.25) is 0 Å². The number of aryl methyl sites for hydroxylation is 1. The van der Waals surface area contributed by atoms with Crippen LogP contribution in [0, 0.1) is 12.7 Å². The van der Waals surface area contributed by atoms with Gasteiger partial charge in [-0.25, -0.2) is 14.4 Å². The molecule has 0 radical (unpaired) electrons. The molecule has 2 heterocycles. The summed E-state index contributed by atoms with van der Waals surface area (Å²) >= 11 is 0. The van der Waals surface area contributed by atoms with Gasteiger partial charge in [-0.05, 0) is 48.6 Å². The van der Waals surface area contributed by atoms with Gasteiger partial charge in [-0.3, -0.25) is 10.4 Å². The fourth-order valence-corrected chi connectivity index (χ4v) is 3.77. The van der Waals surface area contributed by atoms with Gasteiger partial charge in [0.25, 0.3) is 0 Å². The molecule has 0 saturated carbocycles. The molecule has 1 aliphatic rings. The van der Waals surface area contributed by atoms with E-state index in [0.717, 1.165) is 39.4 Å². The van der Waals surface area contributed by atoms with Crippen molar-refractivity contribution in [1.82, 2.24) is 15.0 Å². The Morgan fingerprint density at radius 2 is 2.04 bits per heavy atom. The molecule has 0 aliphatic heterocycles. The Balaban J connectivity index is 1.81. The quantitative estimate of drug-likeness (QED) is 0.739. The summed E-state index contributed by atoms with van der Waals surface area (Å²) in [6, 6.07) is 8.65. The Kier molecular flexibility index (Phi) is 3.95. The normalized spacial score (nSPS) is 16.4. The van der Waals surface area contributed by atoms with E-state index in [1.54, 1.807) is 18.5 Å². The number of halogens is 1. The summed E-state index contributed by atoms with van der Waals surface area (Å²) in [5.74, 6) is 0.0662. The number of nitrogens with two attached hydrogens (primary N) is 2. The first-order valence-corrected chi connectivity index (χ1v) is 8.47. The second-order valence-electron chi connectivity index (χ2n) is 6.59. The Bertz CT molecular complexity index is 1000. The zero-order valence-electron chi connectivity index (χ0n) is 14.4. The van der Waals surface area contributed by atoms with E-state index in [9.17, 15) is 4.39 Å². The molecule has 0 spiro atoms. The van der Waals surface area contributed by atoms with E-state index in [4.69, 9.17) is 11.1 Å². The Labute approximate surface area is 150 Å². The van der Waals surface area contributed by atoms with Crippen LogP contribution in [-0.2, 0) is 6.42 Å². The fourth-order valence-electron chi connectivity index (χ4n) is 3.77. The molecule has 5 nitrogen and oxygen atoms in total. The summed E-state index contributed by atoms with van der Waals surface area (Å²) in [4.78, 5) is 12.8. The number of anilines is 1. The van der Waals surface area contributed by atoms with Crippen LogP contribution < -0.4 is 11.1 Å². The first-order chi connectivity index (χ1) is 12.5. The lowest BCUT2D eigenvalue weighted by Gasteiger charge is -2.25. The van der Waals surface area contributed by atoms with Gasteiger partial charge in [-0.2, -0.15) is 0 Å². The summed E-state index contributed by atoms with van der Waals surface area (Å²) in [7, 11) is 0. The Hall–Kier alpha value is -3.15. The van der Waals surface area contributed by atoms with E-state index in [1.807, 2.05) is 25.1 Å². The lowest BCUT2D eigenvalue weighted by Crippen LogP contribution is -2.44. The summed E-state index contributed by atoms with van der Waals surface area (Å²) < 4.78 is 13.9. The molecule has 130 valence electrons. The maximum atomic E-state index is 13.9. The molecule has 0 unspecified atom stereocenters. The van der Waals surface area contributed by atoms with Crippen LogP contribution in [0.4, 0.5) is 10.3 Å². The average molecular weight is 348 g/mol. The number of rotatable bonds is 2. The standard InChI is InChI=1S/C20H18FN5/c1-11-19-17(22)7-13(8-18(19)26-20(23)25-11)15-5-4-14(21)9-16(15)12-3-2-6-24-10-12/h2-6,9-10,13,22H,7-8H2,1H3,(H2,23,25,26)/p+1/t13-/m0/s1. The lowest BCUT2D eigenvalue weighted by molar-refractivity contribution is -0.116. The van der Waals surface area contributed by atoms with Crippen LogP contribution >= 0.6 is 0 Å². The molecule has 1 atom stereocenters. The third kappa shape index (κ3) is 2.83. The molecule has 4 rings (SSSR count). The van der Waals surface area contributed by atoms with Crippen molar-refractivity contribution < 1.29 is 9.80 Å². The number of nitrogen functional groups attached to an aromatic ring is 1. The second-order valence-corrected chi connectivity index (χ2v) is 6.59. The maximum absolute atomic E-state index is 13.9.